The molecule has 16 heavy (non-hydrogen) atoms. The van der Waals surface area contributed by atoms with Gasteiger partial charge in [0.2, 0.25) is 0 Å². The highest BCUT2D eigenvalue weighted by Gasteiger charge is 2.05. The summed E-state index contributed by atoms with van der Waals surface area (Å²) in [6.45, 7) is 2.75. The first-order valence-corrected chi connectivity index (χ1v) is 6.68. The van der Waals surface area contributed by atoms with Gasteiger partial charge in [-0.1, -0.05) is 17.7 Å². The lowest BCUT2D eigenvalue weighted by Gasteiger charge is -2.09. The van der Waals surface area contributed by atoms with Crippen LogP contribution in [0.1, 0.15) is 24.9 Å². The van der Waals surface area contributed by atoms with Crippen molar-refractivity contribution in [3.63, 3.8) is 0 Å². The molecule has 2 N–H and O–H groups in total. The molecule has 1 unspecified atom stereocenters. The Labute approximate surface area is 107 Å². The van der Waals surface area contributed by atoms with Crippen molar-refractivity contribution in [2.75, 3.05) is 19.5 Å². The Morgan fingerprint density at radius 3 is 2.81 bits per heavy atom. The summed E-state index contributed by atoms with van der Waals surface area (Å²) in [5.74, 6) is 1.02. The van der Waals surface area contributed by atoms with Gasteiger partial charge < -0.3 is 10.5 Å². The first kappa shape index (κ1) is 13.8. The molecule has 0 aliphatic heterocycles. The minimum absolute atomic E-state index is 0.0324. The summed E-state index contributed by atoms with van der Waals surface area (Å²) in [5, 5.41) is 0.789. The van der Waals surface area contributed by atoms with Crippen molar-refractivity contribution in [1.82, 2.24) is 0 Å². The predicted molar refractivity (Wildman–Crippen MR) is 71.3 cm³/mol. The van der Waals surface area contributed by atoms with Crippen LogP contribution in [0, 0.1) is 0 Å². The average Bonchev–Trinajstić information content (AvgIpc) is 2.26. The summed E-state index contributed by atoms with van der Waals surface area (Å²) in [7, 11) is 1.72. The standard InChI is InChI=1S/C12H18ClNOS/c1-9(14)10-4-5-12(11(13)8-10)16-7-3-6-15-2/h4-5,8-9H,3,6-7,14H2,1-2H3. The lowest BCUT2D eigenvalue weighted by molar-refractivity contribution is 0.200. The third kappa shape index (κ3) is 4.34. The number of ether oxygens (including phenoxy) is 1. The number of nitrogens with two attached hydrogens (primary N) is 1. The summed E-state index contributed by atoms with van der Waals surface area (Å²) in [5.41, 5.74) is 6.87. The van der Waals surface area contributed by atoms with Gasteiger partial charge in [-0.25, -0.2) is 0 Å². The fourth-order valence-electron chi connectivity index (χ4n) is 1.30. The Balaban J connectivity index is 2.54. The first-order valence-electron chi connectivity index (χ1n) is 5.32. The fraction of sp³-hybridized carbons (Fsp3) is 0.500. The molecule has 0 saturated heterocycles. The van der Waals surface area contributed by atoms with Crippen molar-refractivity contribution in [2.45, 2.75) is 24.3 Å². The minimum atomic E-state index is 0.0324. The van der Waals surface area contributed by atoms with Crippen LogP contribution in [-0.2, 0) is 4.74 Å². The van der Waals surface area contributed by atoms with Gasteiger partial charge in [0, 0.05) is 30.4 Å². The normalized spacial score (nSPS) is 12.8. The predicted octanol–water partition coefficient (Wildman–Crippen LogP) is 3.49. The van der Waals surface area contributed by atoms with E-state index in [1.807, 2.05) is 25.1 Å². The average molecular weight is 260 g/mol. The Hall–Kier alpha value is -0.220. The molecular weight excluding hydrogens is 242 g/mol. The van der Waals surface area contributed by atoms with Gasteiger partial charge >= 0.3 is 0 Å². The summed E-state index contributed by atoms with van der Waals surface area (Å²) < 4.78 is 5.00. The summed E-state index contributed by atoms with van der Waals surface area (Å²) in [6, 6.07) is 6.06. The van der Waals surface area contributed by atoms with Crippen LogP contribution < -0.4 is 5.73 Å². The highest BCUT2D eigenvalue weighted by Crippen LogP contribution is 2.29. The molecule has 1 aromatic carbocycles. The molecule has 0 aromatic heterocycles. The van der Waals surface area contributed by atoms with E-state index >= 15 is 0 Å². The van der Waals surface area contributed by atoms with E-state index in [1.165, 1.54) is 0 Å². The fourth-order valence-corrected chi connectivity index (χ4v) is 2.50. The molecule has 1 atom stereocenters. The molecule has 1 aromatic rings. The molecular formula is C12H18ClNOS. The summed E-state index contributed by atoms with van der Waals surface area (Å²) >= 11 is 7.93. The smallest absolute Gasteiger partial charge is 0.0545 e. The van der Waals surface area contributed by atoms with Gasteiger partial charge in [-0.3, -0.25) is 0 Å². The maximum atomic E-state index is 6.18. The topological polar surface area (TPSA) is 35.2 Å². The maximum Gasteiger partial charge on any atom is 0.0545 e. The highest BCUT2D eigenvalue weighted by molar-refractivity contribution is 7.99. The number of halogens is 1. The molecule has 0 heterocycles. The van der Waals surface area contributed by atoms with Gasteiger partial charge in [0.05, 0.1) is 5.02 Å². The monoisotopic (exact) mass is 259 g/mol. The summed E-state index contributed by atoms with van der Waals surface area (Å²) in [4.78, 5) is 1.11. The van der Waals surface area contributed by atoms with Crippen molar-refractivity contribution < 1.29 is 4.74 Å². The molecule has 0 aliphatic rings. The third-order valence-corrected chi connectivity index (χ3v) is 3.82. The molecule has 0 bridgehead atoms. The van der Waals surface area contributed by atoms with Crippen molar-refractivity contribution in [3.05, 3.63) is 28.8 Å². The van der Waals surface area contributed by atoms with Gasteiger partial charge in [0.25, 0.3) is 0 Å². The Bertz CT molecular complexity index is 331. The molecule has 0 fully saturated rings. The Morgan fingerprint density at radius 2 is 2.25 bits per heavy atom. The van der Waals surface area contributed by atoms with E-state index < -0.39 is 0 Å². The second-order valence-corrected chi connectivity index (χ2v) is 5.22. The Kier molecular flexibility index (Phi) is 6.21. The van der Waals surface area contributed by atoms with Crippen molar-refractivity contribution in [1.29, 1.82) is 0 Å². The second kappa shape index (κ2) is 7.17. The molecule has 90 valence electrons. The van der Waals surface area contributed by atoms with E-state index in [9.17, 15) is 0 Å². The number of thioether (sulfide) groups is 1. The van der Waals surface area contributed by atoms with Gasteiger partial charge in [0.15, 0.2) is 0 Å². The number of rotatable bonds is 6. The number of hydrogen-bond acceptors (Lipinski definition) is 3. The largest absolute Gasteiger partial charge is 0.385 e. The van der Waals surface area contributed by atoms with Gasteiger partial charge in [-0.15, -0.1) is 11.8 Å². The van der Waals surface area contributed by atoms with Crippen molar-refractivity contribution >= 4 is 23.4 Å². The quantitative estimate of drug-likeness (QED) is 0.627. The zero-order valence-corrected chi connectivity index (χ0v) is 11.3. The zero-order chi connectivity index (χ0) is 12.0. The van der Waals surface area contributed by atoms with Crippen LogP contribution in [0.15, 0.2) is 23.1 Å². The SMILES string of the molecule is COCCCSc1ccc(C(C)N)cc1Cl. The van der Waals surface area contributed by atoms with E-state index in [0.717, 1.165) is 34.3 Å². The molecule has 0 radical (unpaired) electrons. The summed E-state index contributed by atoms with van der Waals surface area (Å²) in [6.07, 6.45) is 1.03. The van der Waals surface area contributed by atoms with E-state index in [4.69, 9.17) is 22.1 Å². The second-order valence-electron chi connectivity index (χ2n) is 3.67. The van der Waals surface area contributed by atoms with E-state index in [1.54, 1.807) is 18.9 Å². The van der Waals surface area contributed by atoms with Crippen LogP contribution in [-0.4, -0.2) is 19.5 Å². The van der Waals surface area contributed by atoms with E-state index in [2.05, 4.69) is 0 Å². The molecule has 0 amide bonds. The van der Waals surface area contributed by atoms with Crippen LogP contribution in [0.2, 0.25) is 5.02 Å². The highest BCUT2D eigenvalue weighted by atomic mass is 35.5. The molecule has 1 rings (SSSR count). The molecule has 0 aliphatic carbocycles. The van der Waals surface area contributed by atoms with Crippen LogP contribution in [0.25, 0.3) is 0 Å². The van der Waals surface area contributed by atoms with E-state index in [0.29, 0.717) is 0 Å². The van der Waals surface area contributed by atoms with Crippen molar-refractivity contribution in [2.24, 2.45) is 5.73 Å². The molecule has 0 saturated carbocycles. The lowest BCUT2D eigenvalue weighted by atomic mass is 10.1. The van der Waals surface area contributed by atoms with Crippen LogP contribution >= 0.6 is 23.4 Å². The zero-order valence-electron chi connectivity index (χ0n) is 9.70. The third-order valence-electron chi connectivity index (χ3n) is 2.23. The number of methoxy groups -OCH3 is 1. The first-order chi connectivity index (χ1) is 7.65. The van der Waals surface area contributed by atoms with Crippen LogP contribution in [0.4, 0.5) is 0 Å². The molecule has 4 heteroatoms. The number of hydrogen-bond donors (Lipinski definition) is 1. The van der Waals surface area contributed by atoms with Crippen LogP contribution in [0.5, 0.6) is 0 Å². The van der Waals surface area contributed by atoms with Crippen LogP contribution in [0.3, 0.4) is 0 Å². The lowest BCUT2D eigenvalue weighted by Crippen LogP contribution is -2.04. The van der Waals surface area contributed by atoms with Gasteiger partial charge in [0.1, 0.15) is 0 Å². The number of benzene rings is 1. The van der Waals surface area contributed by atoms with Gasteiger partial charge in [-0.05, 0) is 31.0 Å². The Morgan fingerprint density at radius 1 is 1.50 bits per heavy atom. The van der Waals surface area contributed by atoms with E-state index in [-0.39, 0.29) is 6.04 Å². The maximum absolute atomic E-state index is 6.18. The molecule has 0 spiro atoms. The molecule has 2 nitrogen and oxygen atoms in total. The van der Waals surface area contributed by atoms with Crippen molar-refractivity contribution in [3.8, 4) is 0 Å². The minimum Gasteiger partial charge on any atom is -0.385 e. The van der Waals surface area contributed by atoms with Gasteiger partial charge in [-0.2, -0.15) is 0 Å².